The Balaban J connectivity index is 2.29. The number of alkyl halides is 1. The number of rotatable bonds is 5. The Bertz CT molecular complexity index is 145. The number of nitrogens with zero attached hydrogens (tertiary/aromatic N) is 1. The van der Waals surface area contributed by atoms with Gasteiger partial charge in [0, 0.05) is 18.4 Å². The molecule has 0 aliphatic carbocycles. The second-order valence-electron chi connectivity index (χ2n) is 4.60. The molecular weight excluding hydrogens is 238 g/mol. The maximum Gasteiger partial charge on any atom is 0.00718 e. The Labute approximate surface area is 97.4 Å². The summed E-state index contributed by atoms with van der Waals surface area (Å²) in [7, 11) is 0. The molecule has 0 amide bonds. The zero-order chi connectivity index (χ0) is 10.4. The van der Waals surface area contributed by atoms with Crippen LogP contribution in [-0.4, -0.2) is 29.9 Å². The van der Waals surface area contributed by atoms with Crippen molar-refractivity contribution < 1.29 is 0 Å². The molecule has 1 saturated heterocycles. The molecule has 1 atom stereocenters. The molecule has 0 radical (unpaired) electrons. The van der Waals surface area contributed by atoms with Gasteiger partial charge in [-0.2, -0.15) is 0 Å². The Kier molecular flexibility index (Phi) is 6.11. The van der Waals surface area contributed by atoms with Gasteiger partial charge >= 0.3 is 0 Å². The first-order chi connectivity index (χ1) is 6.80. The van der Waals surface area contributed by atoms with Gasteiger partial charge in [0.05, 0.1) is 0 Å². The predicted octanol–water partition coefficient (Wildman–Crippen LogP) is 3.53. The highest BCUT2D eigenvalue weighted by atomic mass is 79.9. The van der Waals surface area contributed by atoms with Crippen molar-refractivity contribution in [2.24, 2.45) is 11.8 Å². The molecule has 1 aliphatic heterocycles. The van der Waals surface area contributed by atoms with Gasteiger partial charge < -0.3 is 4.90 Å². The van der Waals surface area contributed by atoms with Gasteiger partial charge in [-0.3, -0.25) is 0 Å². The fourth-order valence-corrected chi connectivity index (χ4v) is 2.88. The zero-order valence-electron chi connectivity index (χ0n) is 9.64. The van der Waals surface area contributed by atoms with Gasteiger partial charge in [0.2, 0.25) is 0 Å². The van der Waals surface area contributed by atoms with E-state index in [0.717, 1.165) is 11.8 Å². The average Bonchev–Trinajstić information content (AvgIpc) is 2.26. The van der Waals surface area contributed by atoms with Crippen molar-refractivity contribution in [2.75, 3.05) is 25.0 Å². The monoisotopic (exact) mass is 261 g/mol. The van der Waals surface area contributed by atoms with Crippen molar-refractivity contribution in [3.8, 4) is 0 Å². The first-order valence-electron chi connectivity index (χ1n) is 6.08. The number of piperidine rings is 1. The van der Waals surface area contributed by atoms with E-state index in [1.807, 2.05) is 0 Å². The molecule has 0 bridgehead atoms. The summed E-state index contributed by atoms with van der Waals surface area (Å²) in [6.07, 6.45) is 5.50. The highest BCUT2D eigenvalue weighted by Gasteiger charge is 2.20. The van der Waals surface area contributed by atoms with Crippen LogP contribution in [0.15, 0.2) is 0 Å². The molecule has 0 aromatic rings. The smallest absolute Gasteiger partial charge is 0.00718 e. The van der Waals surface area contributed by atoms with Gasteiger partial charge in [-0.25, -0.2) is 0 Å². The summed E-state index contributed by atoms with van der Waals surface area (Å²) in [4.78, 5) is 2.67. The van der Waals surface area contributed by atoms with Gasteiger partial charge in [-0.1, -0.05) is 42.6 Å². The number of likely N-dealkylation sites (tertiary alicyclic amines) is 1. The molecule has 0 aromatic heterocycles. The van der Waals surface area contributed by atoms with Gasteiger partial charge in [-0.05, 0) is 31.2 Å². The van der Waals surface area contributed by atoms with Crippen molar-refractivity contribution in [2.45, 2.75) is 39.5 Å². The van der Waals surface area contributed by atoms with Crippen molar-refractivity contribution in [1.82, 2.24) is 4.90 Å². The van der Waals surface area contributed by atoms with E-state index < -0.39 is 0 Å². The summed E-state index contributed by atoms with van der Waals surface area (Å²) >= 11 is 3.61. The average molecular weight is 262 g/mol. The van der Waals surface area contributed by atoms with E-state index in [2.05, 4.69) is 34.7 Å². The van der Waals surface area contributed by atoms with Gasteiger partial charge in [0.15, 0.2) is 0 Å². The van der Waals surface area contributed by atoms with Crippen molar-refractivity contribution >= 4 is 15.9 Å². The lowest BCUT2D eigenvalue weighted by Gasteiger charge is -2.34. The van der Waals surface area contributed by atoms with Crippen LogP contribution in [0.2, 0.25) is 0 Å². The first kappa shape index (κ1) is 12.5. The number of hydrogen-bond donors (Lipinski definition) is 0. The quantitative estimate of drug-likeness (QED) is 0.685. The second kappa shape index (κ2) is 6.84. The van der Waals surface area contributed by atoms with E-state index in [1.54, 1.807) is 0 Å². The van der Waals surface area contributed by atoms with Gasteiger partial charge in [0.1, 0.15) is 0 Å². The van der Waals surface area contributed by atoms with Crippen LogP contribution >= 0.6 is 15.9 Å². The SMILES string of the molecule is CCC(CC)CN1CCCC(CBr)C1. The van der Waals surface area contributed by atoms with E-state index in [-0.39, 0.29) is 0 Å². The van der Waals surface area contributed by atoms with Crippen molar-refractivity contribution in [1.29, 1.82) is 0 Å². The highest BCUT2D eigenvalue weighted by molar-refractivity contribution is 9.09. The largest absolute Gasteiger partial charge is 0.303 e. The summed E-state index contributed by atoms with van der Waals surface area (Å²) in [5, 5.41) is 1.19. The molecule has 1 aliphatic rings. The first-order valence-corrected chi connectivity index (χ1v) is 7.20. The number of halogens is 1. The Morgan fingerprint density at radius 3 is 2.64 bits per heavy atom. The van der Waals surface area contributed by atoms with E-state index in [9.17, 15) is 0 Å². The Morgan fingerprint density at radius 1 is 1.36 bits per heavy atom. The van der Waals surface area contributed by atoms with E-state index in [4.69, 9.17) is 0 Å². The summed E-state index contributed by atoms with van der Waals surface area (Å²) in [6, 6.07) is 0. The molecule has 0 spiro atoms. The molecule has 1 heterocycles. The summed E-state index contributed by atoms with van der Waals surface area (Å²) in [5.41, 5.74) is 0. The molecule has 0 saturated carbocycles. The van der Waals surface area contributed by atoms with E-state index >= 15 is 0 Å². The second-order valence-corrected chi connectivity index (χ2v) is 5.25. The van der Waals surface area contributed by atoms with Crippen LogP contribution in [-0.2, 0) is 0 Å². The Morgan fingerprint density at radius 2 is 2.07 bits per heavy atom. The minimum absolute atomic E-state index is 0.901. The van der Waals surface area contributed by atoms with Crippen LogP contribution in [0.5, 0.6) is 0 Å². The maximum atomic E-state index is 3.61. The molecule has 1 unspecified atom stereocenters. The molecule has 1 rings (SSSR count). The molecule has 2 heteroatoms. The lowest BCUT2D eigenvalue weighted by molar-refractivity contribution is 0.158. The highest BCUT2D eigenvalue weighted by Crippen LogP contribution is 2.20. The van der Waals surface area contributed by atoms with Crippen LogP contribution in [0.4, 0.5) is 0 Å². The molecule has 1 nitrogen and oxygen atoms in total. The minimum atomic E-state index is 0.901. The third-order valence-corrected chi connectivity index (χ3v) is 4.41. The zero-order valence-corrected chi connectivity index (χ0v) is 11.2. The molecule has 0 N–H and O–H groups in total. The van der Waals surface area contributed by atoms with Crippen LogP contribution in [0.25, 0.3) is 0 Å². The molecule has 84 valence electrons. The third kappa shape index (κ3) is 3.90. The lowest BCUT2D eigenvalue weighted by atomic mass is 9.97. The van der Waals surface area contributed by atoms with E-state index in [0.29, 0.717) is 0 Å². The van der Waals surface area contributed by atoms with Crippen LogP contribution in [0.1, 0.15) is 39.5 Å². The summed E-state index contributed by atoms with van der Waals surface area (Å²) in [6.45, 7) is 8.62. The molecule has 14 heavy (non-hydrogen) atoms. The standard InChI is InChI=1S/C12H24BrN/c1-3-11(4-2)9-14-7-5-6-12(8-13)10-14/h11-12H,3-10H2,1-2H3. The molecular formula is C12H24BrN. The van der Waals surface area contributed by atoms with Crippen LogP contribution in [0.3, 0.4) is 0 Å². The Hall–Kier alpha value is 0.440. The normalized spacial score (nSPS) is 24.4. The van der Waals surface area contributed by atoms with Crippen LogP contribution in [0, 0.1) is 11.8 Å². The fourth-order valence-electron chi connectivity index (χ4n) is 2.36. The van der Waals surface area contributed by atoms with Crippen LogP contribution < -0.4 is 0 Å². The maximum absolute atomic E-state index is 3.61. The fraction of sp³-hybridized carbons (Fsp3) is 1.00. The van der Waals surface area contributed by atoms with Crippen molar-refractivity contribution in [3.63, 3.8) is 0 Å². The van der Waals surface area contributed by atoms with Gasteiger partial charge in [-0.15, -0.1) is 0 Å². The lowest BCUT2D eigenvalue weighted by Crippen LogP contribution is -2.38. The predicted molar refractivity (Wildman–Crippen MR) is 67.0 cm³/mol. The summed E-state index contributed by atoms with van der Waals surface area (Å²) < 4.78 is 0. The van der Waals surface area contributed by atoms with Crippen molar-refractivity contribution in [3.05, 3.63) is 0 Å². The van der Waals surface area contributed by atoms with E-state index in [1.165, 1.54) is 50.6 Å². The minimum Gasteiger partial charge on any atom is -0.303 e. The molecule has 1 fully saturated rings. The topological polar surface area (TPSA) is 3.24 Å². The number of hydrogen-bond acceptors (Lipinski definition) is 1. The molecule has 0 aromatic carbocycles. The third-order valence-electron chi connectivity index (χ3n) is 3.49. The summed E-state index contributed by atoms with van der Waals surface area (Å²) in [5.74, 6) is 1.82. The van der Waals surface area contributed by atoms with Gasteiger partial charge in [0.25, 0.3) is 0 Å².